The molecule has 0 unspecified atom stereocenters. The van der Waals surface area contributed by atoms with Crippen LogP contribution >= 0.6 is 7.60 Å². The van der Waals surface area contributed by atoms with E-state index < -0.39 is 13.6 Å². The van der Waals surface area contributed by atoms with Crippen LogP contribution in [0.1, 0.15) is 15.9 Å². The maximum Gasteiger partial charge on any atom is 0.337 e. The van der Waals surface area contributed by atoms with Crippen molar-refractivity contribution < 1.29 is 28.6 Å². The van der Waals surface area contributed by atoms with Crippen LogP contribution in [0.2, 0.25) is 0 Å². The Bertz CT molecular complexity index is 687. The van der Waals surface area contributed by atoms with Crippen LogP contribution in [0.15, 0.2) is 48.5 Å². The molecule has 2 N–H and O–H groups in total. The standard InChI is InChI=1S/C15H15O6P/c1-20-15(16)12-4-8-14(9-5-12)21-13-6-2-11(3-7-13)10-22(17,18)19/h2-9H,10H2,1H3,(H2,17,18,19). The Morgan fingerprint density at radius 1 is 1.00 bits per heavy atom. The van der Waals surface area contributed by atoms with Crippen molar-refractivity contribution in [1.29, 1.82) is 0 Å². The highest BCUT2D eigenvalue weighted by Gasteiger charge is 2.13. The van der Waals surface area contributed by atoms with Crippen LogP contribution in [0.25, 0.3) is 0 Å². The van der Waals surface area contributed by atoms with Gasteiger partial charge in [0.05, 0.1) is 18.8 Å². The van der Waals surface area contributed by atoms with Crippen LogP contribution in [0, 0.1) is 0 Å². The van der Waals surface area contributed by atoms with Crippen molar-refractivity contribution in [2.24, 2.45) is 0 Å². The fourth-order valence-electron chi connectivity index (χ4n) is 1.81. The van der Waals surface area contributed by atoms with E-state index in [-0.39, 0.29) is 6.16 Å². The molecule has 0 aromatic heterocycles. The van der Waals surface area contributed by atoms with Gasteiger partial charge in [-0.2, -0.15) is 0 Å². The van der Waals surface area contributed by atoms with Crippen molar-refractivity contribution in [3.05, 3.63) is 59.7 Å². The molecule has 7 heteroatoms. The van der Waals surface area contributed by atoms with Crippen molar-refractivity contribution in [2.45, 2.75) is 6.16 Å². The zero-order chi connectivity index (χ0) is 16.2. The van der Waals surface area contributed by atoms with E-state index in [1.807, 2.05) is 0 Å². The number of esters is 1. The predicted octanol–water partition coefficient (Wildman–Crippen LogP) is 2.94. The Labute approximate surface area is 127 Å². The average molecular weight is 322 g/mol. The second-order valence-electron chi connectivity index (χ2n) is 4.58. The van der Waals surface area contributed by atoms with Gasteiger partial charge >= 0.3 is 13.6 Å². The maximum atomic E-state index is 11.3. The van der Waals surface area contributed by atoms with Gasteiger partial charge in [-0.05, 0) is 42.0 Å². The molecule has 0 amide bonds. The van der Waals surface area contributed by atoms with Crippen molar-refractivity contribution in [3.8, 4) is 11.5 Å². The van der Waals surface area contributed by atoms with Crippen LogP contribution in [0.4, 0.5) is 0 Å². The van der Waals surface area contributed by atoms with Gasteiger partial charge < -0.3 is 19.3 Å². The number of carbonyl (C=O) groups excluding carboxylic acids is 1. The number of rotatable bonds is 5. The number of hydrogen-bond donors (Lipinski definition) is 2. The molecule has 0 spiro atoms. The Hall–Kier alpha value is -2.14. The number of methoxy groups -OCH3 is 1. The van der Waals surface area contributed by atoms with Crippen molar-refractivity contribution in [3.63, 3.8) is 0 Å². The van der Waals surface area contributed by atoms with Crippen molar-refractivity contribution in [2.75, 3.05) is 7.11 Å². The Morgan fingerprint density at radius 2 is 1.50 bits per heavy atom. The second-order valence-corrected chi connectivity index (χ2v) is 6.23. The summed E-state index contributed by atoms with van der Waals surface area (Å²) in [6.07, 6.45) is -0.304. The van der Waals surface area contributed by atoms with E-state index in [0.29, 0.717) is 22.6 Å². The summed E-state index contributed by atoms with van der Waals surface area (Å²) in [4.78, 5) is 29.1. The average Bonchev–Trinajstić information content (AvgIpc) is 2.48. The molecule has 22 heavy (non-hydrogen) atoms. The first kappa shape index (κ1) is 16.2. The van der Waals surface area contributed by atoms with Gasteiger partial charge in [0.25, 0.3) is 0 Å². The third-order valence-corrected chi connectivity index (χ3v) is 3.60. The molecule has 0 saturated heterocycles. The summed E-state index contributed by atoms with van der Waals surface area (Å²) in [5.41, 5.74) is 0.952. The van der Waals surface area contributed by atoms with Crippen LogP contribution in [-0.4, -0.2) is 22.9 Å². The summed E-state index contributed by atoms with van der Waals surface area (Å²) < 4.78 is 21.1. The number of carbonyl (C=O) groups is 1. The van der Waals surface area contributed by atoms with Gasteiger partial charge in [0.2, 0.25) is 0 Å². The molecule has 2 aromatic rings. The van der Waals surface area contributed by atoms with Gasteiger partial charge in [-0.3, -0.25) is 4.57 Å². The lowest BCUT2D eigenvalue weighted by Gasteiger charge is -2.08. The number of benzene rings is 2. The van der Waals surface area contributed by atoms with E-state index >= 15 is 0 Å². The lowest BCUT2D eigenvalue weighted by molar-refractivity contribution is 0.0600. The molecule has 0 aliphatic carbocycles. The molecule has 0 heterocycles. The lowest BCUT2D eigenvalue weighted by Crippen LogP contribution is -2.00. The predicted molar refractivity (Wildman–Crippen MR) is 80.0 cm³/mol. The molecule has 0 aliphatic rings. The SMILES string of the molecule is COC(=O)c1ccc(Oc2ccc(CP(=O)(O)O)cc2)cc1. The van der Waals surface area contributed by atoms with E-state index in [1.165, 1.54) is 7.11 Å². The highest BCUT2D eigenvalue weighted by atomic mass is 31.2. The summed E-state index contributed by atoms with van der Waals surface area (Å²) >= 11 is 0. The molecular formula is C15H15O6P. The summed E-state index contributed by atoms with van der Waals surface area (Å²) in [6.45, 7) is 0. The first-order valence-corrected chi connectivity index (χ1v) is 8.17. The van der Waals surface area contributed by atoms with Crippen LogP contribution in [0.3, 0.4) is 0 Å². The molecule has 0 aliphatic heterocycles. The first-order valence-electron chi connectivity index (χ1n) is 6.37. The minimum absolute atomic E-state index is 0.304. The van der Waals surface area contributed by atoms with Crippen molar-refractivity contribution in [1.82, 2.24) is 0 Å². The quantitative estimate of drug-likeness (QED) is 0.649. The molecule has 2 rings (SSSR count). The van der Waals surface area contributed by atoms with Gasteiger partial charge in [0.15, 0.2) is 0 Å². The monoisotopic (exact) mass is 322 g/mol. The molecule has 0 atom stereocenters. The zero-order valence-corrected chi connectivity index (χ0v) is 12.7. The van der Waals surface area contributed by atoms with E-state index in [4.69, 9.17) is 14.5 Å². The Kier molecular flexibility index (Phi) is 4.98. The fourth-order valence-corrected chi connectivity index (χ4v) is 2.50. The smallest absolute Gasteiger partial charge is 0.337 e. The van der Waals surface area contributed by atoms with E-state index in [1.54, 1.807) is 48.5 Å². The summed E-state index contributed by atoms with van der Waals surface area (Å²) in [5.74, 6) is 0.643. The van der Waals surface area contributed by atoms with E-state index in [0.717, 1.165) is 0 Å². The van der Waals surface area contributed by atoms with Crippen molar-refractivity contribution >= 4 is 13.6 Å². The van der Waals surface area contributed by atoms with E-state index in [9.17, 15) is 9.36 Å². The molecule has 0 saturated carbocycles. The summed E-state index contributed by atoms with van der Waals surface area (Å²) in [5, 5.41) is 0. The first-order chi connectivity index (χ1) is 10.4. The number of ether oxygens (including phenoxy) is 2. The second kappa shape index (κ2) is 6.75. The highest BCUT2D eigenvalue weighted by molar-refractivity contribution is 7.50. The van der Waals surface area contributed by atoms with Crippen LogP contribution < -0.4 is 4.74 Å². The van der Waals surface area contributed by atoms with Crippen LogP contribution in [0.5, 0.6) is 11.5 Å². The molecule has 0 fully saturated rings. The Balaban J connectivity index is 2.04. The largest absolute Gasteiger partial charge is 0.465 e. The topological polar surface area (TPSA) is 93.1 Å². The highest BCUT2D eigenvalue weighted by Crippen LogP contribution is 2.39. The molecular weight excluding hydrogens is 307 g/mol. The van der Waals surface area contributed by atoms with E-state index in [2.05, 4.69) is 4.74 Å². The fraction of sp³-hybridized carbons (Fsp3) is 0.133. The van der Waals surface area contributed by atoms with Crippen LogP contribution in [-0.2, 0) is 15.5 Å². The van der Waals surface area contributed by atoms with Gasteiger partial charge in [-0.25, -0.2) is 4.79 Å². The Morgan fingerprint density at radius 3 is 1.95 bits per heavy atom. The molecule has 6 nitrogen and oxygen atoms in total. The lowest BCUT2D eigenvalue weighted by atomic mass is 10.2. The number of hydrogen-bond acceptors (Lipinski definition) is 4. The maximum absolute atomic E-state index is 11.3. The molecule has 116 valence electrons. The summed E-state index contributed by atoms with van der Waals surface area (Å²) in [6, 6.07) is 12.9. The van der Waals surface area contributed by atoms with Gasteiger partial charge in [-0.15, -0.1) is 0 Å². The molecule has 0 radical (unpaired) electrons. The summed E-state index contributed by atoms with van der Waals surface area (Å²) in [7, 11) is -2.76. The van der Waals surface area contributed by atoms with Gasteiger partial charge in [0.1, 0.15) is 11.5 Å². The zero-order valence-electron chi connectivity index (χ0n) is 11.8. The van der Waals surface area contributed by atoms with Gasteiger partial charge in [0, 0.05) is 0 Å². The molecule has 0 bridgehead atoms. The molecule has 2 aromatic carbocycles. The third kappa shape index (κ3) is 4.70. The minimum atomic E-state index is -4.07. The minimum Gasteiger partial charge on any atom is -0.465 e. The normalized spacial score (nSPS) is 11.0. The third-order valence-electron chi connectivity index (χ3n) is 2.82. The van der Waals surface area contributed by atoms with Gasteiger partial charge in [-0.1, -0.05) is 12.1 Å².